The molecule has 2 atom stereocenters. The number of piperidine rings is 1. The zero-order valence-corrected chi connectivity index (χ0v) is 40.0. The Morgan fingerprint density at radius 3 is 2.25 bits per heavy atom. The molecule has 9 rings (SSSR count). The summed E-state index contributed by atoms with van der Waals surface area (Å²) in [6.07, 6.45) is 6.19. The lowest BCUT2D eigenvalue weighted by molar-refractivity contribution is -0.136. The number of pyridine rings is 1. The number of amides is 2. The monoisotopic (exact) mass is 976 g/mol. The van der Waals surface area contributed by atoms with Crippen molar-refractivity contribution in [1.29, 1.82) is 0 Å². The Morgan fingerprint density at radius 1 is 0.859 bits per heavy atom. The standard InChI is InChI=1S/C53H59F3N8O7/c1-3-7-41(31-65)64-50(66)43-12-6-13-45(48(43)51(64)67)57-20-23-69-32-35-14-16-36(17-15-35)33-70-24-25-71-42-18-21-61(22-19-42)28-37-26-44(53(54,55)56)46-30-62(52(68)63(46)29-37)40-11-5-10-39(27-40)47(38-8-4-9-38)49-59-58-34-60(49)2/h5-6,10-17,26-27,29-31,34,38,41-42,47,57H,3-4,7-9,18-25,28,32-33H2,1-2H3. The molecule has 3 aliphatic rings. The summed E-state index contributed by atoms with van der Waals surface area (Å²) < 4.78 is 66.1. The van der Waals surface area contributed by atoms with E-state index in [2.05, 4.69) is 20.4 Å². The van der Waals surface area contributed by atoms with Crippen molar-refractivity contribution < 1.29 is 41.8 Å². The second-order valence-corrected chi connectivity index (χ2v) is 18.8. The fraction of sp³-hybridized carbons (Fsp3) is 0.434. The molecule has 6 aromatic rings. The largest absolute Gasteiger partial charge is 0.418 e. The summed E-state index contributed by atoms with van der Waals surface area (Å²) >= 11 is 0. The van der Waals surface area contributed by atoms with Crippen molar-refractivity contribution in [3.05, 3.63) is 147 Å². The number of rotatable bonds is 22. The highest BCUT2D eigenvalue weighted by Gasteiger charge is 2.41. The first-order valence-corrected chi connectivity index (χ1v) is 24.5. The lowest BCUT2D eigenvalue weighted by Crippen LogP contribution is -2.40. The van der Waals surface area contributed by atoms with Gasteiger partial charge in [-0.25, -0.2) is 4.79 Å². The third kappa shape index (κ3) is 10.9. The molecule has 15 nitrogen and oxygen atoms in total. The number of ether oxygens (including phenoxy) is 3. The minimum atomic E-state index is -4.67. The Balaban J connectivity index is 0.707. The second-order valence-electron chi connectivity index (χ2n) is 18.8. The van der Waals surface area contributed by atoms with Crippen LogP contribution in [0.3, 0.4) is 0 Å². The van der Waals surface area contributed by atoms with Crippen LogP contribution in [0.25, 0.3) is 11.2 Å². The number of aldehydes is 1. The third-order valence-corrected chi connectivity index (χ3v) is 13.9. The lowest BCUT2D eigenvalue weighted by Gasteiger charge is -2.33. The van der Waals surface area contributed by atoms with Crippen LogP contribution in [0.1, 0.15) is 112 Å². The number of hydrogen-bond acceptors (Lipinski definition) is 11. The van der Waals surface area contributed by atoms with Gasteiger partial charge in [0.05, 0.1) is 73.1 Å². The summed E-state index contributed by atoms with van der Waals surface area (Å²) in [6.45, 7) is 5.79. The zero-order chi connectivity index (χ0) is 49.6. The van der Waals surface area contributed by atoms with Gasteiger partial charge in [0.2, 0.25) is 0 Å². The highest BCUT2D eigenvalue weighted by atomic mass is 19.4. The Hall–Kier alpha value is -6.47. The predicted molar refractivity (Wildman–Crippen MR) is 258 cm³/mol. The normalized spacial score (nSPS) is 16.7. The van der Waals surface area contributed by atoms with Gasteiger partial charge in [0, 0.05) is 57.2 Å². The van der Waals surface area contributed by atoms with Crippen molar-refractivity contribution in [2.75, 3.05) is 44.8 Å². The molecule has 2 aliphatic heterocycles. The molecular formula is C53H59F3N8O7. The van der Waals surface area contributed by atoms with E-state index in [0.717, 1.165) is 51.1 Å². The smallest absolute Gasteiger partial charge is 0.382 e. The van der Waals surface area contributed by atoms with Crippen LogP contribution in [0.2, 0.25) is 0 Å². The number of alkyl halides is 3. The van der Waals surface area contributed by atoms with Crippen LogP contribution in [0.4, 0.5) is 18.9 Å². The molecule has 0 spiro atoms. The van der Waals surface area contributed by atoms with Gasteiger partial charge in [-0.05, 0) is 90.6 Å². The van der Waals surface area contributed by atoms with Crippen molar-refractivity contribution in [2.24, 2.45) is 13.0 Å². The summed E-state index contributed by atoms with van der Waals surface area (Å²) in [6, 6.07) is 20.8. The number of halogens is 3. The van der Waals surface area contributed by atoms with E-state index in [1.165, 1.54) is 23.0 Å². The maximum atomic E-state index is 14.6. The number of fused-ring (bicyclic) bond motifs is 2. The van der Waals surface area contributed by atoms with Gasteiger partial charge in [0.25, 0.3) is 11.8 Å². The fourth-order valence-electron chi connectivity index (χ4n) is 10.0. The molecule has 1 saturated carbocycles. The Bertz CT molecular complexity index is 2900. The molecule has 71 heavy (non-hydrogen) atoms. The Morgan fingerprint density at radius 2 is 1.59 bits per heavy atom. The number of benzene rings is 3. The average molecular weight is 977 g/mol. The van der Waals surface area contributed by atoms with Gasteiger partial charge < -0.3 is 28.9 Å². The summed E-state index contributed by atoms with van der Waals surface area (Å²) in [7, 11) is 1.90. The molecule has 18 heteroatoms. The molecule has 0 radical (unpaired) electrons. The van der Waals surface area contributed by atoms with Gasteiger partial charge >= 0.3 is 11.9 Å². The highest BCUT2D eigenvalue weighted by molar-refractivity contribution is 6.24. The molecule has 2 unspecified atom stereocenters. The molecule has 374 valence electrons. The molecule has 2 fully saturated rings. The minimum absolute atomic E-state index is 0.000189. The fourth-order valence-corrected chi connectivity index (χ4v) is 10.0. The van der Waals surface area contributed by atoms with E-state index in [-0.39, 0.29) is 35.2 Å². The van der Waals surface area contributed by atoms with Crippen molar-refractivity contribution in [3.8, 4) is 5.69 Å². The van der Waals surface area contributed by atoms with E-state index in [4.69, 9.17) is 14.2 Å². The van der Waals surface area contributed by atoms with Crippen LogP contribution >= 0.6 is 0 Å². The predicted octanol–water partition coefficient (Wildman–Crippen LogP) is 7.96. The molecule has 3 aromatic heterocycles. The molecule has 1 aliphatic carbocycles. The molecule has 2 amide bonds. The summed E-state index contributed by atoms with van der Waals surface area (Å²) in [5.41, 5.74) is 3.31. The maximum absolute atomic E-state index is 14.6. The van der Waals surface area contributed by atoms with Crippen molar-refractivity contribution in [3.63, 3.8) is 0 Å². The maximum Gasteiger partial charge on any atom is 0.418 e. The van der Waals surface area contributed by atoms with Crippen molar-refractivity contribution in [1.82, 2.24) is 33.5 Å². The number of imidazole rings is 1. The zero-order valence-electron chi connectivity index (χ0n) is 40.0. The first-order chi connectivity index (χ1) is 34.4. The van der Waals surface area contributed by atoms with E-state index in [9.17, 15) is 32.3 Å². The van der Waals surface area contributed by atoms with Gasteiger partial charge in [0.1, 0.15) is 18.4 Å². The number of aryl methyl sites for hydroxylation is 1. The Labute approximate surface area is 409 Å². The Kier molecular flexibility index (Phi) is 15.3. The molecule has 3 aromatic carbocycles. The third-order valence-electron chi connectivity index (χ3n) is 13.9. The average Bonchev–Trinajstić information content (AvgIpc) is 4.01. The number of carbonyl (C=O) groups is 3. The van der Waals surface area contributed by atoms with E-state index in [1.54, 1.807) is 30.6 Å². The van der Waals surface area contributed by atoms with Crippen LogP contribution in [0.15, 0.2) is 96.3 Å². The van der Waals surface area contributed by atoms with Gasteiger partial charge in [-0.15, -0.1) is 10.2 Å². The summed E-state index contributed by atoms with van der Waals surface area (Å²) in [4.78, 5) is 54.9. The van der Waals surface area contributed by atoms with Crippen LogP contribution < -0.4 is 11.0 Å². The molecule has 1 N–H and O–H groups in total. The minimum Gasteiger partial charge on any atom is -0.382 e. The number of likely N-dealkylation sites (tertiary alicyclic amines) is 1. The van der Waals surface area contributed by atoms with Crippen LogP contribution in [0.5, 0.6) is 0 Å². The molecular weight excluding hydrogens is 918 g/mol. The van der Waals surface area contributed by atoms with Crippen molar-refractivity contribution >= 4 is 29.3 Å². The highest BCUT2D eigenvalue weighted by Crippen LogP contribution is 2.43. The number of imide groups is 1. The number of aromatic nitrogens is 5. The quantitative estimate of drug-likeness (QED) is 0.0401. The van der Waals surface area contributed by atoms with E-state index in [0.29, 0.717) is 107 Å². The van der Waals surface area contributed by atoms with Gasteiger partial charge in [-0.1, -0.05) is 62.2 Å². The van der Waals surface area contributed by atoms with Crippen LogP contribution in [0, 0.1) is 5.92 Å². The van der Waals surface area contributed by atoms with E-state index >= 15 is 0 Å². The van der Waals surface area contributed by atoms with Gasteiger partial charge in [-0.2, -0.15) is 13.2 Å². The lowest BCUT2D eigenvalue weighted by atomic mass is 9.72. The van der Waals surface area contributed by atoms with Crippen LogP contribution in [-0.4, -0.2) is 103 Å². The molecule has 0 bridgehead atoms. The second kappa shape index (κ2) is 21.9. The summed E-state index contributed by atoms with van der Waals surface area (Å²) in [5, 5.41) is 11.7. The van der Waals surface area contributed by atoms with Gasteiger partial charge in [-0.3, -0.25) is 28.4 Å². The van der Waals surface area contributed by atoms with E-state index in [1.807, 2.05) is 61.0 Å². The summed E-state index contributed by atoms with van der Waals surface area (Å²) in [5.74, 6) is 0.219. The molecule has 1 saturated heterocycles. The van der Waals surface area contributed by atoms with E-state index < -0.39 is 35.3 Å². The number of hydrogen-bond donors (Lipinski definition) is 1. The van der Waals surface area contributed by atoms with Crippen LogP contribution in [-0.2, 0) is 52.0 Å². The number of nitrogens with zero attached hydrogens (tertiary/aromatic N) is 7. The topological polar surface area (TPSA) is 155 Å². The van der Waals surface area contributed by atoms with Crippen molar-refractivity contribution in [2.45, 2.75) is 95.9 Å². The number of nitrogens with one attached hydrogen (secondary N) is 1. The SMILES string of the molecule is CCCC(C=O)N1C(=O)c2cccc(NCCOCc3ccc(COCCOC4CCN(Cc5cc(C(F)(F)F)c6cn(-c7cccc(C(c8nncn8C)C8CCC8)c7)c(=O)n6c5)CC4)cc3)c2C1=O. The first-order valence-electron chi connectivity index (χ1n) is 24.5. The number of anilines is 1. The number of carbonyl (C=O) groups excluding carboxylic acids is 3. The molecule has 5 heterocycles. The van der Waals surface area contributed by atoms with Gasteiger partial charge in [0.15, 0.2) is 0 Å². The first kappa shape index (κ1) is 49.5.